The van der Waals surface area contributed by atoms with Crippen LogP contribution in [-0.2, 0) is 28.6 Å². The maximum atomic E-state index is 12.8. The first-order valence-electron chi connectivity index (χ1n) is 29.7. The monoisotopic (exact) mass is 1010 g/mol. The van der Waals surface area contributed by atoms with E-state index in [1.54, 1.807) is 0 Å². The van der Waals surface area contributed by atoms with E-state index in [4.69, 9.17) is 14.2 Å². The van der Waals surface area contributed by atoms with Crippen LogP contribution in [0.2, 0.25) is 0 Å². The molecule has 0 aromatic rings. The lowest BCUT2D eigenvalue weighted by atomic mass is 10.1. The van der Waals surface area contributed by atoms with Gasteiger partial charge in [0.15, 0.2) is 6.10 Å². The van der Waals surface area contributed by atoms with E-state index >= 15 is 0 Å². The first kappa shape index (κ1) is 68.6. The minimum Gasteiger partial charge on any atom is -0.462 e. The van der Waals surface area contributed by atoms with E-state index in [-0.39, 0.29) is 31.6 Å². The van der Waals surface area contributed by atoms with Crippen molar-refractivity contribution in [1.29, 1.82) is 0 Å². The zero-order chi connectivity index (χ0) is 52.9. The number of hydrogen-bond donors (Lipinski definition) is 0. The van der Waals surface area contributed by atoms with Gasteiger partial charge in [0.25, 0.3) is 0 Å². The minimum atomic E-state index is -0.835. The third-order valence-electron chi connectivity index (χ3n) is 12.1. The quantitative estimate of drug-likeness (QED) is 0.0261. The lowest BCUT2D eigenvalue weighted by molar-refractivity contribution is -0.166. The fourth-order valence-corrected chi connectivity index (χ4v) is 7.75. The summed E-state index contributed by atoms with van der Waals surface area (Å²) in [4.78, 5) is 38.2. The predicted molar refractivity (Wildman–Crippen MR) is 316 cm³/mol. The van der Waals surface area contributed by atoms with E-state index < -0.39 is 12.1 Å². The Bertz CT molecular complexity index is 1580. The molecule has 0 N–H and O–H groups in total. The van der Waals surface area contributed by atoms with Crippen molar-refractivity contribution in [1.82, 2.24) is 0 Å². The van der Waals surface area contributed by atoms with Crippen molar-refractivity contribution in [3.05, 3.63) is 134 Å². The van der Waals surface area contributed by atoms with Crippen molar-refractivity contribution < 1.29 is 28.6 Å². The Hall–Kier alpha value is -4.45. The summed E-state index contributed by atoms with van der Waals surface area (Å²) in [6, 6.07) is 0. The van der Waals surface area contributed by atoms with Crippen molar-refractivity contribution >= 4 is 17.9 Å². The second kappa shape index (κ2) is 60.1. The predicted octanol–water partition coefficient (Wildman–Crippen LogP) is 20.2. The van der Waals surface area contributed by atoms with Gasteiger partial charge in [-0.15, -0.1) is 0 Å². The molecule has 412 valence electrons. The topological polar surface area (TPSA) is 78.9 Å². The average molecular weight is 1010 g/mol. The van der Waals surface area contributed by atoms with Crippen molar-refractivity contribution in [3.8, 4) is 0 Å². The number of hydrogen-bond acceptors (Lipinski definition) is 6. The van der Waals surface area contributed by atoms with Crippen LogP contribution in [0.25, 0.3) is 0 Å². The molecular weight excluding hydrogens is 901 g/mol. The first-order chi connectivity index (χ1) is 36.0. The van der Waals surface area contributed by atoms with Gasteiger partial charge >= 0.3 is 17.9 Å². The van der Waals surface area contributed by atoms with E-state index in [2.05, 4.69) is 142 Å². The van der Waals surface area contributed by atoms with Crippen molar-refractivity contribution in [2.24, 2.45) is 0 Å². The molecule has 0 bridgehead atoms. The summed E-state index contributed by atoms with van der Waals surface area (Å²) in [7, 11) is 0. The van der Waals surface area contributed by atoms with Crippen LogP contribution in [0.4, 0.5) is 0 Å². The number of unbranched alkanes of at least 4 members (excludes halogenated alkanes) is 19. The van der Waals surface area contributed by atoms with E-state index in [1.165, 1.54) is 89.9 Å². The van der Waals surface area contributed by atoms with Gasteiger partial charge in [-0.25, -0.2) is 0 Å². The molecule has 0 saturated heterocycles. The summed E-state index contributed by atoms with van der Waals surface area (Å²) in [6.45, 7) is 6.32. The van der Waals surface area contributed by atoms with Crippen LogP contribution in [0.3, 0.4) is 0 Å². The highest BCUT2D eigenvalue weighted by atomic mass is 16.6. The summed E-state index contributed by atoms with van der Waals surface area (Å²) in [5.74, 6) is -1.03. The van der Waals surface area contributed by atoms with Gasteiger partial charge in [0.2, 0.25) is 0 Å². The highest BCUT2D eigenvalue weighted by Crippen LogP contribution is 2.14. The minimum absolute atomic E-state index is 0.121. The van der Waals surface area contributed by atoms with E-state index in [9.17, 15) is 14.4 Å². The Morgan fingerprint density at radius 1 is 0.288 bits per heavy atom. The number of carbonyl (C=O) groups is 3. The average Bonchev–Trinajstić information content (AvgIpc) is 3.39. The Labute approximate surface area is 449 Å². The molecule has 0 rings (SSSR count). The van der Waals surface area contributed by atoms with Gasteiger partial charge in [0.05, 0.1) is 0 Å². The van der Waals surface area contributed by atoms with Crippen molar-refractivity contribution in [3.63, 3.8) is 0 Å². The molecule has 6 nitrogen and oxygen atoms in total. The zero-order valence-electron chi connectivity index (χ0n) is 47.1. The maximum absolute atomic E-state index is 12.8. The number of rotatable bonds is 52. The van der Waals surface area contributed by atoms with Gasteiger partial charge in [0, 0.05) is 19.3 Å². The molecule has 0 saturated carbocycles. The van der Waals surface area contributed by atoms with Crippen LogP contribution < -0.4 is 0 Å². The highest BCUT2D eigenvalue weighted by Gasteiger charge is 2.19. The van der Waals surface area contributed by atoms with Gasteiger partial charge < -0.3 is 14.2 Å². The first-order valence-corrected chi connectivity index (χ1v) is 29.7. The second-order valence-electron chi connectivity index (χ2n) is 19.1. The molecule has 6 heteroatoms. The third-order valence-corrected chi connectivity index (χ3v) is 12.1. The highest BCUT2D eigenvalue weighted by molar-refractivity contribution is 5.71. The summed E-state index contributed by atoms with van der Waals surface area (Å²) in [5, 5.41) is 0. The molecule has 0 radical (unpaired) electrons. The molecule has 0 aromatic heterocycles. The third kappa shape index (κ3) is 58.3. The molecule has 0 heterocycles. The van der Waals surface area contributed by atoms with Gasteiger partial charge in [-0.3, -0.25) is 14.4 Å². The van der Waals surface area contributed by atoms with Gasteiger partial charge in [0.1, 0.15) is 13.2 Å². The van der Waals surface area contributed by atoms with Crippen LogP contribution in [0, 0.1) is 0 Å². The molecule has 0 amide bonds. The Balaban J connectivity index is 4.55. The molecule has 0 spiro atoms. The van der Waals surface area contributed by atoms with E-state index in [1.807, 2.05) is 12.2 Å². The Kier molecular flexibility index (Phi) is 56.4. The molecule has 0 aliphatic rings. The van der Waals surface area contributed by atoms with Crippen molar-refractivity contribution in [2.75, 3.05) is 13.2 Å². The summed E-state index contributed by atoms with van der Waals surface area (Å²) < 4.78 is 16.8. The van der Waals surface area contributed by atoms with Crippen LogP contribution in [0.5, 0.6) is 0 Å². The summed E-state index contributed by atoms with van der Waals surface area (Å²) >= 11 is 0. The molecular formula is C67H108O6. The molecule has 0 aliphatic heterocycles. The van der Waals surface area contributed by atoms with Gasteiger partial charge in [-0.2, -0.15) is 0 Å². The van der Waals surface area contributed by atoms with Crippen LogP contribution in [-0.4, -0.2) is 37.2 Å². The molecule has 1 atom stereocenters. The maximum Gasteiger partial charge on any atom is 0.306 e. The Morgan fingerprint density at radius 3 is 0.904 bits per heavy atom. The molecule has 0 fully saturated rings. The Morgan fingerprint density at radius 2 is 0.562 bits per heavy atom. The normalized spacial score (nSPS) is 13.1. The molecule has 0 unspecified atom stereocenters. The zero-order valence-corrected chi connectivity index (χ0v) is 47.1. The lowest BCUT2D eigenvalue weighted by Crippen LogP contribution is -2.30. The molecule has 73 heavy (non-hydrogen) atoms. The van der Waals surface area contributed by atoms with Gasteiger partial charge in [-0.1, -0.05) is 244 Å². The number of esters is 3. The SMILES string of the molecule is CC/C=C\C/C=C\C/C=C\C/C=C\C/C=C\C/C=C\CCC(=O)O[C@H](COC(=O)CCCCCC/C=C\C/C=C\C/C=C\C/C=C\CC)COC(=O)CCCCCCCCCCC/C=C\CCCCCCCC. The van der Waals surface area contributed by atoms with Crippen molar-refractivity contribution in [2.45, 2.75) is 258 Å². The van der Waals surface area contributed by atoms with Crippen LogP contribution in [0.15, 0.2) is 134 Å². The van der Waals surface area contributed by atoms with E-state index in [0.717, 1.165) is 116 Å². The van der Waals surface area contributed by atoms with Crippen LogP contribution in [0.1, 0.15) is 252 Å². The summed E-state index contributed by atoms with van der Waals surface area (Å²) in [6.07, 6.45) is 84.5. The fourth-order valence-electron chi connectivity index (χ4n) is 7.75. The number of carbonyl (C=O) groups excluding carboxylic acids is 3. The standard InChI is InChI=1S/C67H108O6/c1-4-7-10-13-16-19-22-25-28-31-33-36-39-42-45-48-51-54-57-60-66(69)72-63-64(62-71-65(68)59-56-53-50-47-44-41-38-35-30-27-24-21-18-15-12-9-6-3)73-67(70)61-58-55-52-49-46-43-40-37-34-32-29-26-23-20-17-14-11-8-5-2/h8-9,11-12,17-18,20-21,25-30,34,37-38,41,43,46,52,55,64H,4-7,10,13-16,19,22-24,31-33,35-36,39-40,42,44-45,47-51,53-54,56-63H2,1-3H3/b11-8-,12-9-,20-17-,21-18-,28-25-,29-26-,30-27-,37-34-,41-38-,46-43-,55-52-/t64-/m1/s1. The lowest BCUT2D eigenvalue weighted by Gasteiger charge is -2.18. The number of allylic oxidation sites excluding steroid dienone is 22. The molecule has 0 aliphatic carbocycles. The van der Waals surface area contributed by atoms with Crippen LogP contribution >= 0.6 is 0 Å². The summed E-state index contributed by atoms with van der Waals surface area (Å²) in [5.41, 5.74) is 0. The van der Waals surface area contributed by atoms with E-state index in [0.29, 0.717) is 19.3 Å². The number of ether oxygens (including phenoxy) is 3. The second-order valence-corrected chi connectivity index (χ2v) is 19.1. The fraction of sp³-hybridized carbons (Fsp3) is 0.627. The largest absolute Gasteiger partial charge is 0.462 e. The molecule has 0 aromatic carbocycles. The smallest absolute Gasteiger partial charge is 0.306 e. The van der Waals surface area contributed by atoms with Gasteiger partial charge in [-0.05, 0) is 122 Å².